The normalized spacial score (nSPS) is 12.8. The number of hydrogen-bond acceptors (Lipinski definition) is 4. The average molecular weight is 269 g/mol. The second-order valence-corrected chi connectivity index (χ2v) is 5.18. The smallest absolute Gasteiger partial charge is 0.295 e. The van der Waals surface area contributed by atoms with Crippen molar-refractivity contribution >= 4 is 11.4 Å². The van der Waals surface area contributed by atoms with Crippen molar-refractivity contribution in [3.05, 3.63) is 34.1 Å². The lowest BCUT2D eigenvalue weighted by atomic mass is 10.0. The van der Waals surface area contributed by atoms with E-state index in [0.717, 1.165) is 12.6 Å². The van der Waals surface area contributed by atoms with Crippen LogP contribution in [0.3, 0.4) is 0 Å². The van der Waals surface area contributed by atoms with Crippen molar-refractivity contribution in [2.75, 3.05) is 26.0 Å². The first-order chi connectivity index (χ1) is 8.81. The summed E-state index contributed by atoms with van der Waals surface area (Å²) in [6.07, 6.45) is 0. The molecule has 0 aliphatic heterocycles. The summed E-state index contributed by atoms with van der Waals surface area (Å²) in [4.78, 5) is 12.4. The molecule has 0 heterocycles. The minimum Gasteiger partial charge on any atom is -0.375 e. The van der Waals surface area contributed by atoms with Crippen LogP contribution in [0.2, 0.25) is 0 Å². The van der Waals surface area contributed by atoms with Gasteiger partial charge < -0.3 is 10.2 Å². The molecule has 0 bridgehead atoms. The molecule has 0 saturated carbocycles. The van der Waals surface area contributed by atoms with Crippen LogP contribution in [0.15, 0.2) is 18.2 Å². The van der Waals surface area contributed by atoms with Crippen molar-refractivity contribution in [1.82, 2.24) is 4.90 Å². The van der Waals surface area contributed by atoms with Crippen LogP contribution in [0.4, 0.5) is 15.8 Å². The predicted octanol–water partition coefficient (Wildman–Crippen LogP) is 2.73. The van der Waals surface area contributed by atoms with E-state index in [2.05, 4.69) is 5.32 Å². The van der Waals surface area contributed by atoms with Gasteiger partial charge in [0, 0.05) is 12.6 Å². The van der Waals surface area contributed by atoms with Crippen LogP contribution in [0, 0.1) is 21.8 Å². The molecule has 1 rings (SSSR count). The number of likely N-dealkylation sites (N-methyl/N-ethyl adjacent to an activating group) is 1. The lowest BCUT2D eigenvalue weighted by Crippen LogP contribution is -2.36. The van der Waals surface area contributed by atoms with E-state index in [1.165, 1.54) is 12.1 Å². The molecule has 1 aromatic carbocycles. The van der Waals surface area contributed by atoms with E-state index in [1.54, 1.807) is 0 Å². The van der Waals surface area contributed by atoms with E-state index in [0.29, 0.717) is 11.6 Å². The highest BCUT2D eigenvalue weighted by atomic mass is 19.1. The Balaban J connectivity index is 2.99. The Labute approximate surface area is 112 Å². The second kappa shape index (κ2) is 6.47. The summed E-state index contributed by atoms with van der Waals surface area (Å²) < 4.78 is 13.1. The molecule has 0 spiro atoms. The number of anilines is 1. The summed E-state index contributed by atoms with van der Waals surface area (Å²) in [5.41, 5.74) is 0.122. The third kappa shape index (κ3) is 4.48. The number of halogens is 1. The van der Waals surface area contributed by atoms with Gasteiger partial charge in [-0.25, -0.2) is 4.39 Å². The number of hydrogen-bond donors (Lipinski definition) is 1. The Morgan fingerprint density at radius 3 is 2.53 bits per heavy atom. The molecule has 6 heteroatoms. The molecule has 1 atom stereocenters. The van der Waals surface area contributed by atoms with Gasteiger partial charge >= 0.3 is 0 Å². The number of nitrogens with zero attached hydrogens (tertiary/aromatic N) is 2. The summed E-state index contributed by atoms with van der Waals surface area (Å²) in [6, 6.07) is 3.63. The molecule has 106 valence electrons. The highest BCUT2D eigenvalue weighted by Gasteiger charge is 2.20. The Morgan fingerprint density at radius 2 is 2.05 bits per heavy atom. The molecule has 1 aromatic rings. The molecule has 19 heavy (non-hydrogen) atoms. The van der Waals surface area contributed by atoms with Crippen LogP contribution >= 0.6 is 0 Å². The van der Waals surface area contributed by atoms with E-state index >= 15 is 0 Å². The Kier molecular flexibility index (Phi) is 5.23. The molecule has 0 amide bonds. The zero-order chi connectivity index (χ0) is 14.6. The van der Waals surface area contributed by atoms with E-state index in [9.17, 15) is 14.5 Å². The van der Waals surface area contributed by atoms with Gasteiger partial charge in [-0.15, -0.1) is 0 Å². The largest absolute Gasteiger partial charge is 0.375 e. The van der Waals surface area contributed by atoms with Gasteiger partial charge in [0.2, 0.25) is 0 Å². The molecule has 1 unspecified atom stereocenters. The van der Waals surface area contributed by atoms with Crippen LogP contribution in [0.1, 0.15) is 13.8 Å². The molecule has 0 fully saturated rings. The number of benzene rings is 1. The topological polar surface area (TPSA) is 58.4 Å². The number of nitro benzene ring substituents is 1. The van der Waals surface area contributed by atoms with Gasteiger partial charge in [-0.1, -0.05) is 13.8 Å². The maximum atomic E-state index is 13.1. The predicted molar refractivity (Wildman–Crippen MR) is 73.9 cm³/mol. The monoisotopic (exact) mass is 269 g/mol. The van der Waals surface area contributed by atoms with Crippen molar-refractivity contribution in [2.45, 2.75) is 19.9 Å². The first-order valence-corrected chi connectivity index (χ1v) is 6.16. The first kappa shape index (κ1) is 15.4. The number of rotatable bonds is 6. The molecule has 0 aliphatic carbocycles. The van der Waals surface area contributed by atoms with Crippen LogP contribution in [0.25, 0.3) is 0 Å². The fraction of sp³-hybridized carbons (Fsp3) is 0.538. The Hall–Kier alpha value is -1.69. The van der Waals surface area contributed by atoms with Crippen LogP contribution in [-0.4, -0.2) is 36.5 Å². The van der Waals surface area contributed by atoms with E-state index in [-0.39, 0.29) is 11.7 Å². The molecule has 5 nitrogen and oxygen atoms in total. The van der Waals surface area contributed by atoms with Crippen molar-refractivity contribution < 1.29 is 9.31 Å². The van der Waals surface area contributed by atoms with Gasteiger partial charge in [0.25, 0.3) is 5.69 Å². The molecule has 0 radical (unpaired) electrons. The molecule has 0 saturated heterocycles. The van der Waals surface area contributed by atoms with Gasteiger partial charge in [0.1, 0.15) is 11.5 Å². The Morgan fingerprint density at radius 1 is 1.42 bits per heavy atom. The van der Waals surface area contributed by atoms with Crippen molar-refractivity contribution in [2.24, 2.45) is 5.92 Å². The van der Waals surface area contributed by atoms with E-state index in [1.807, 2.05) is 32.8 Å². The summed E-state index contributed by atoms with van der Waals surface area (Å²) in [5.74, 6) is -0.307. The van der Waals surface area contributed by atoms with Crippen LogP contribution < -0.4 is 5.32 Å². The van der Waals surface area contributed by atoms with Gasteiger partial charge in [-0.3, -0.25) is 10.1 Å². The molecular formula is C13H20FN3O2. The standard InChI is InChI=1S/C13H20FN3O2/c1-9(2)12(8-16(3)4)15-11-6-5-10(14)7-13(11)17(18)19/h5-7,9,12,15H,8H2,1-4H3. The lowest BCUT2D eigenvalue weighted by molar-refractivity contribution is -0.384. The molecule has 1 N–H and O–H groups in total. The zero-order valence-corrected chi connectivity index (χ0v) is 11.7. The van der Waals surface area contributed by atoms with Crippen LogP contribution in [-0.2, 0) is 0 Å². The molecular weight excluding hydrogens is 249 g/mol. The number of nitrogens with one attached hydrogen (secondary N) is 1. The fourth-order valence-corrected chi connectivity index (χ4v) is 1.79. The average Bonchev–Trinajstić information content (AvgIpc) is 2.29. The quantitative estimate of drug-likeness (QED) is 0.637. The van der Waals surface area contributed by atoms with Crippen LogP contribution in [0.5, 0.6) is 0 Å². The maximum absolute atomic E-state index is 13.1. The summed E-state index contributed by atoms with van der Waals surface area (Å²) in [6.45, 7) is 4.82. The van der Waals surface area contributed by atoms with Crippen molar-refractivity contribution in [1.29, 1.82) is 0 Å². The highest BCUT2D eigenvalue weighted by Crippen LogP contribution is 2.26. The maximum Gasteiger partial charge on any atom is 0.295 e. The Bertz CT molecular complexity index is 450. The first-order valence-electron chi connectivity index (χ1n) is 6.16. The van der Waals surface area contributed by atoms with E-state index in [4.69, 9.17) is 0 Å². The summed E-state index contributed by atoms with van der Waals surface area (Å²) in [5, 5.41) is 14.1. The summed E-state index contributed by atoms with van der Waals surface area (Å²) >= 11 is 0. The lowest BCUT2D eigenvalue weighted by Gasteiger charge is -2.26. The van der Waals surface area contributed by atoms with Gasteiger partial charge in [0.15, 0.2) is 0 Å². The molecule has 0 aromatic heterocycles. The zero-order valence-electron chi connectivity index (χ0n) is 11.7. The second-order valence-electron chi connectivity index (χ2n) is 5.18. The SMILES string of the molecule is CC(C)C(CN(C)C)Nc1ccc(F)cc1[N+](=O)[O-]. The summed E-state index contributed by atoms with van der Waals surface area (Å²) in [7, 11) is 3.88. The minimum absolute atomic E-state index is 0.0548. The highest BCUT2D eigenvalue weighted by molar-refractivity contribution is 5.61. The third-order valence-corrected chi connectivity index (χ3v) is 2.86. The van der Waals surface area contributed by atoms with Gasteiger partial charge in [-0.05, 0) is 32.1 Å². The van der Waals surface area contributed by atoms with E-state index < -0.39 is 10.7 Å². The fourth-order valence-electron chi connectivity index (χ4n) is 1.79. The van der Waals surface area contributed by atoms with Crippen molar-refractivity contribution in [3.63, 3.8) is 0 Å². The molecule has 0 aliphatic rings. The van der Waals surface area contributed by atoms with Gasteiger partial charge in [-0.2, -0.15) is 0 Å². The van der Waals surface area contributed by atoms with Crippen molar-refractivity contribution in [3.8, 4) is 0 Å². The number of nitro groups is 1. The van der Waals surface area contributed by atoms with Gasteiger partial charge in [0.05, 0.1) is 11.0 Å². The minimum atomic E-state index is -0.606. The third-order valence-electron chi connectivity index (χ3n) is 2.86.